The van der Waals surface area contributed by atoms with Gasteiger partial charge >= 0.3 is 17.9 Å². The molecule has 5 N–H and O–H groups in total. The fraction of sp³-hybridized carbons (Fsp3) is 0.444. The monoisotopic (exact) mass is 490 g/mol. The molecule has 0 fully saturated rings. The zero-order valence-electron chi connectivity index (χ0n) is 21.2. The van der Waals surface area contributed by atoms with E-state index in [9.17, 15) is 24.6 Å². The molecule has 0 aliphatic carbocycles. The topological polar surface area (TPSA) is 152 Å². The summed E-state index contributed by atoms with van der Waals surface area (Å²) in [6, 6.07) is 15.4. The Morgan fingerprint density at radius 3 is 1.43 bits per heavy atom. The Hall–Kier alpha value is -3.23. The van der Waals surface area contributed by atoms with Gasteiger partial charge < -0.3 is 25.5 Å². The highest BCUT2D eigenvalue weighted by Crippen LogP contribution is 2.31. The number of aliphatic hydroxyl groups excluding tert-OH is 2. The Balaban J connectivity index is 0.000000557. The van der Waals surface area contributed by atoms with E-state index in [1.165, 1.54) is 24.3 Å². The van der Waals surface area contributed by atoms with Crippen molar-refractivity contribution < 1.29 is 39.9 Å². The summed E-state index contributed by atoms with van der Waals surface area (Å²) in [4.78, 5) is 30.6. The van der Waals surface area contributed by atoms with Crippen molar-refractivity contribution in [1.82, 2.24) is 0 Å². The number of aliphatic hydroxyl groups is 2. The summed E-state index contributed by atoms with van der Waals surface area (Å²) in [5.41, 5.74) is 0.225. The fourth-order valence-electron chi connectivity index (χ4n) is 3.01. The van der Waals surface area contributed by atoms with Crippen LogP contribution in [0.4, 0.5) is 0 Å². The Bertz CT molecular complexity index is 902. The van der Waals surface area contributed by atoms with Crippen LogP contribution in [0.3, 0.4) is 0 Å². The van der Waals surface area contributed by atoms with E-state index in [2.05, 4.69) is 0 Å². The van der Waals surface area contributed by atoms with E-state index in [-0.39, 0.29) is 23.0 Å². The van der Waals surface area contributed by atoms with Gasteiger partial charge in [-0.15, -0.1) is 0 Å². The van der Waals surface area contributed by atoms with Crippen LogP contribution in [0.15, 0.2) is 54.6 Å². The van der Waals surface area contributed by atoms with Crippen molar-refractivity contribution in [1.29, 1.82) is 0 Å². The van der Waals surface area contributed by atoms with Crippen LogP contribution in [0.2, 0.25) is 0 Å². The molecule has 0 heterocycles. The molecule has 8 nitrogen and oxygen atoms in total. The van der Waals surface area contributed by atoms with Gasteiger partial charge in [0.1, 0.15) is 0 Å². The van der Waals surface area contributed by atoms with Crippen molar-refractivity contribution in [2.24, 2.45) is 17.3 Å². The van der Waals surface area contributed by atoms with E-state index in [4.69, 9.17) is 15.3 Å². The van der Waals surface area contributed by atoms with E-state index in [0.29, 0.717) is 6.42 Å². The molecule has 0 spiro atoms. The van der Waals surface area contributed by atoms with Gasteiger partial charge in [-0.25, -0.2) is 9.59 Å². The van der Waals surface area contributed by atoms with Crippen molar-refractivity contribution in [3.8, 4) is 0 Å². The first-order valence-corrected chi connectivity index (χ1v) is 11.3. The lowest BCUT2D eigenvalue weighted by molar-refractivity contribution is -0.140. The third-order valence-electron chi connectivity index (χ3n) is 5.41. The largest absolute Gasteiger partial charge is 0.481 e. The van der Waals surface area contributed by atoms with Gasteiger partial charge in [0.2, 0.25) is 0 Å². The summed E-state index contributed by atoms with van der Waals surface area (Å²) >= 11 is 0. The molecule has 2 aromatic rings. The molecule has 0 saturated carbocycles. The van der Waals surface area contributed by atoms with Crippen molar-refractivity contribution in [3.05, 3.63) is 71.3 Å². The van der Waals surface area contributed by atoms with Crippen molar-refractivity contribution in [3.63, 3.8) is 0 Å². The first-order chi connectivity index (χ1) is 16.1. The van der Waals surface area contributed by atoms with E-state index >= 15 is 0 Å². The second-order valence-electron chi connectivity index (χ2n) is 9.36. The number of carbonyl (C=O) groups is 3. The molecule has 0 amide bonds. The predicted molar refractivity (Wildman–Crippen MR) is 134 cm³/mol. The molecule has 2 unspecified atom stereocenters. The van der Waals surface area contributed by atoms with Crippen LogP contribution < -0.4 is 0 Å². The molecule has 35 heavy (non-hydrogen) atoms. The predicted octanol–water partition coefficient (Wildman–Crippen LogP) is 4.44. The third kappa shape index (κ3) is 11.2. The summed E-state index contributed by atoms with van der Waals surface area (Å²) in [5.74, 6) is -3.28. The quantitative estimate of drug-likeness (QED) is 0.364. The second kappa shape index (κ2) is 14.9. The Morgan fingerprint density at radius 1 is 0.743 bits per heavy atom. The molecule has 0 aliphatic heterocycles. The summed E-state index contributed by atoms with van der Waals surface area (Å²) in [7, 11) is 0. The van der Waals surface area contributed by atoms with Gasteiger partial charge in [0, 0.05) is 5.41 Å². The average molecular weight is 491 g/mol. The van der Waals surface area contributed by atoms with Crippen LogP contribution in [-0.4, -0.2) is 55.6 Å². The average Bonchev–Trinajstić information content (AvgIpc) is 2.79. The maximum atomic E-state index is 10.5. The van der Waals surface area contributed by atoms with Crippen LogP contribution in [-0.2, 0) is 11.2 Å². The zero-order valence-corrected chi connectivity index (χ0v) is 21.2. The van der Waals surface area contributed by atoms with Gasteiger partial charge in [-0.1, -0.05) is 84.0 Å². The Morgan fingerprint density at radius 2 is 1.11 bits per heavy atom. The lowest BCUT2D eigenvalue weighted by Gasteiger charge is -2.37. The molecule has 2 rings (SSSR count). The summed E-state index contributed by atoms with van der Waals surface area (Å²) < 4.78 is 0. The SMILES string of the molecule is CC(C)C(=O)O.CC(C)C(O)C(C)(C)C(O)Cc1ccccc1.O=C(O)c1ccccc1C(=O)O. The van der Waals surface area contributed by atoms with Gasteiger partial charge in [-0.3, -0.25) is 4.79 Å². The molecular formula is C27H38O8. The highest BCUT2D eigenvalue weighted by Gasteiger charge is 2.36. The van der Waals surface area contributed by atoms with Crippen LogP contribution in [0.1, 0.15) is 67.8 Å². The molecule has 0 aromatic heterocycles. The minimum atomic E-state index is -1.23. The standard InChI is InChI=1S/C15H24O2.C8H6O4.C4H8O2/c1-11(2)14(17)15(3,4)13(16)10-12-8-6-5-7-9-12;9-7(10)5-3-1-2-4-6(5)8(11)12;1-3(2)4(5)6/h5-9,11,13-14,16-17H,10H2,1-4H3;1-4H,(H,9,10)(H,11,12);3H,1-2H3,(H,5,6). The first-order valence-electron chi connectivity index (χ1n) is 11.3. The van der Waals surface area contributed by atoms with E-state index in [1.807, 2.05) is 58.0 Å². The van der Waals surface area contributed by atoms with Gasteiger partial charge in [0.25, 0.3) is 0 Å². The van der Waals surface area contributed by atoms with Crippen LogP contribution in [0, 0.1) is 17.3 Å². The number of hydrogen-bond donors (Lipinski definition) is 5. The molecule has 194 valence electrons. The van der Waals surface area contributed by atoms with E-state index < -0.39 is 35.5 Å². The molecule has 0 bridgehead atoms. The molecule has 0 saturated heterocycles. The third-order valence-corrected chi connectivity index (χ3v) is 5.41. The van der Waals surface area contributed by atoms with Gasteiger partial charge in [0.15, 0.2) is 0 Å². The maximum absolute atomic E-state index is 10.5. The number of aliphatic carboxylic acids is 1. The lowest BCUT2D eigenvalue weighted by atomic mass is 9.74. The smallest absolute Gasteiger partial charge is 0.336 e. The highest BCUT2D eigenvalue weighted by atomic mass is 16.4. The molecule has 8 heteroatoms. The zero-order chi connectivity index (χ0) is 27.3. The van der Waals surface area contributed by atoms with Crippen molar-refractivity contribution >= 4 is 17.9 Å². The van der Waals surface area contributed by atoms with Crippen molar-refractivity contribution in [2.45, 2.75) is 60.2 Å². The summed E-state index contributed by atoms with van der Waals surface area (Å²) in [6.45, 7) is 11.1. The minimum absolute atomic E-state index is 0.149. The lowest BCUT2D eigenvalue weighted by Crippen LogP contribution is -2.44. The van der Waals surface area contributed by atoms with Crippen LogP contribution in [0.25, 0.3) is 0 Å². The normalized spacial score (nSPS) is 12.5. The van der Waals surface area contributed by atoms with Crippen molar-refractivity contribution in [2.75, 3.05) is 0 Å². The van der Waals surface area contributed by atoms with Crippen LogP contribution >= 0.6 is 0 Å². The fourth-order valence-corrected chi connectivity index (χ4v) is 3.01. The number of carboxylic acids is 3. The molecule has 0 radical (unpaired) electrons. The molecular weight excluding hydrogens is 452 g/mol. The van der Waals surface area contributed by atoms with E-state index in [1.54, 1.807) is 13.8 Å². The number of hydrogen-bond acceptors (Lipinski definition) is 5. The molecule has 2 atom stereocenters. The Labute approximate surface area is 206 Å². The van der Waals surface area contributed by atoms with Crippen LogP contribution in [0.5, 0.6) is 0 Å². The maximum Gasteiger partial charge on any atom is 0.336 e. The summed E-state index contributed by atoms with van der Waals surface area (Å²) in [6.07, 6.45) is -0.457. The van der Waals surface area contributed by atoms with Gasteiger partial charge in [-0.2, -0.15) is 0 Å². The second-order valence-corrected chi connectivity index (χ2v) is 9.36. The summed E-state index contributed by atoms with van der Waals surface area (Å²) in [5, 5.41) is 45.5. The first kappa shape index (κ1) is 31.8. The van der Waals surface area contributed by atoms with E-state index in [0.717, 1.165) is 5.56 Å². The highest BCUT2D eigenvalue weighted by molar-refractivity contribution is 6.01. The molecule has 0 aliphatic rings. The van der Waals surface area contributed by atoms with Gasteiger partial charge in [-0.05, 0) is 30.0 Å². The number of rotatable bonds is 8. The number of benzene rings is 2. The van der Waals surface area contributed by atoms with Gasteiger partial charge in [0.05, 0.1) is 29.3 Å². The number of aromatic carboxylic acids is 2. The minimum Gasteiger partial charge on any atom is -0.481 e. The molecule has 2 aromatic carbocycles. The Kier molecular flexibility index (Phi) is 13.5. The number of carboxylic acid groups (broad SMARTS) is 3.